The van der Waals surface area contributed by atoms with Gasteiger partial charge >= 0.3 is 0 Å². The highest BCUT2D eigenvalue weighted by Gasteiger charge is 2.12. The summed E-state index contributed by atoms with van der Waals surface area (Å²) < 4.78 is 33.5. The Morgan fingerprint density at radius 2 is 1.91 bits per heavy atom. The molecule has 0 spiro atoms. The first-order valence-corrected chi connectivity index (χ1v) is 6.88. The Hall–Kier alpha value is -3.09. The molecule has 0 fully saturated rings. The maximum absolute atomic E-state index is 13.3. The SMILES string of the molecule is Fc1cc(F)cc(Cc2nc3nccc(-c4ccco4)n3n2)c1. The van der Waals surface area contributed by atoms with E-state index < -0.39 is 11.6 Å². The molecule has 3 heterocycles. The summed E-state index contributed by atoms with van der Waals surface area (Å²) in [6, 6.07) is 8.68. The topological polar surface area (TPSA) is 56.2 Å². The highest BCUT2D eigenvalue weighted by Crippen LogP contribution is 2.20. The number of aromatic nitrogens is 4. The van der Waals surface area contributed by atoms with Crippen LogP contribution in [0.4, 0.5) is 8.78 Å². The summed E-state index contributed by atoms with van der Waals surface area (Å²) in [6.07, 6.45) is 3.37. The Balaban J connectivity index is 1.76. The van der Waals surface area contributed by atoms with Gasteiger partial charge in [0, 0.05) is 18.7 Å². The minimum absolute atomic E-state index is 0.204. The smallest absolute Gasteiger partial charge is 0.253 e. The van der Waals surface area contributed by atoms with Gasteiger partial charge in [0.2, 0.25) is 0 Å². The van der Waals surface area contributed by atoms with Crippen LogP contribution >= 0.6 is 0 Å². The summed E-state index contributed by atoms with van der Waals surface area (Å²) >= 11 is 0. The van der Waals surface area contributed by atoms with E-state index in [-0.39, 0.29) is 6.42 Å². The van der Waals surface area contributed by atoms with E-state index in [0.717, 1.165) is 6.07 Å². The molecule has 23 heavy (non-hydrogen) atoms. The summed E-state index contributed by atoms with van der Waals surface area (Å²) in [7, 11) is 0. The van der Waals surface area contributed by atoms with Gasteiger partial charge in [-0.2, -0.15) is 9.50 Å². The zero-order valence-corrected chi connectivity index (χ0v) is 11.8. The molecule has 0 amide bonds. The largest absolute Gasteiger partial charge is 0.463 e. The molecule has 1 aromatic carbocycles. The van der Waals surface area contributed by atoms with Crippen LogP contribution in [0.5, 0.6) is 0 Å². The third kappa shape index (κ3) is 2.57. The minimum atomic E-state index is -0.627. The molecule has 0 aliphatic carbocycles. The number of hydrogen-bond acceptors (Lipinski definition) is 4. The van der Waals surface area contributed by atoms with Crippen LogP contribution in [0.25, 0.3) is 17.2 Å². The number of benzene rings is 1. The van der Waals surface area contributed by atoms with Gasteiger partial charge in [0.25, 0.3) is 5.78 Å². The van der Waals surface area contributed by atoms with Gasteiger partial charge in [0.15, 0.2) is 11.6 Å². The molecular formula is C16H10F2N4O. The predicted octanol–water partition coefficient (Wildman–Crippen LogP) is 3.25. The van der Waals surface area contributed by atoms with Crippen molar-refractivity contribution < 1.29 is 13.2 Å². The molecule has 0 unspecified atom stereocenters. The van der Waals surface area contributed by atoms with Gasteiger partial charge in [-0.25, -0.2) is 13.8 Å². The minimum Gasteiger partial charge on any atom is -0.463 e. The lowest BCUT2D eigenvalue weighted by molar-refractivity contribution is 0.577. The summed E-state index contributed by atoms with van der Waals surface area (Å²) in [5, 5.41) is 4.36. The third-order valence-corrected chi connectivity index (χ3v) is 3.34. The molecule has 114 valence electrons. The lowest BCUT2D eigenvalue weighted by atomic mass is 10.1. The number of nitrogens with zero attached hydrogens (tertiary/aromatic N) is 4. The molecule has 4 aromatic rings. The fourth-order valence-corrected chi connectivity index (χ4v) is 2.42. The normalized spacial score (nSPS) is 11.2. The van der Waals surface area contributed by atoms with Crippen molar-refractivity contribution in [3.05, 3.63) is 71.9 Å². The van der Waals surface area contributed by atoms with Crippen molar-refractivity contribution in [1.29, 1.82) is 0 Å². The number of halogens is 2. The van der Waals surface area contributed by atoms with Crippen LogP contribution in [0.1, 0.15) is 11.4 Å². The Bertz CT molecular complexity index is 959. The van der Waals surface area contributed by atoms with E-state index in [4.69, 9.17) is 4.42 Å². The fourth-order valence-electron chi connectivity index (χ4n) is 2.42. The molecule has 0 radical (unpaired) electrons. The van der Waals surface area contributed by atoms with E-state index in [1.807, 2.05) is 0 Å². The Morgan fingerprint density at radius 1 is 1.09 bits per heavy atom. The van der Waals surface area contributed by atoms with Crippen molar-refractivity contribution in [2.45, 2.75) is 6.42 Å². The fraction of sp³-hybridized carbons (Fsp3) is 0.0625. The second-order valence-corrected chi connectivity index (χ2v) is 5.00. The molecule has 7 heteroatoms. The third-order valence-electron chi connectivity index (χ3n) is 3.34. The van der Waals surface area contributed by atoms with Gasteiger partial charge in [0.05, 0.1) is 6.26 Å². The average molecular weight is 312 g/mol. The summed E-state index contributed by atoms with van der Waals surface area (Å²) in [4.78, 5) is 8.44. The molecule has 0 N–H and O–H groups in total. The Morgan fingerprint density at radius 3 is 2.65 bits per heavy atom. The maximum atomic E-state index is 13.3. The van der Waals surface area contributed by atoms with Gasteiger partial charge in [-0.05, 0) is 35.9 Å². The predicted molar refractivity (Wildman–Crippen MR) is 77.6 cm³/mol. The summed E-state index contributed by atoms with van der Waals surface area (Å²) in [6.45, 7) is 0. The van der Waals surface area contributed by atoms with Gasteiger partial charge < -0.3 is 4.42 Å². The first kappa shape index (κ1) is 13.6. The number of fused-ring (bicyclic) bond motifs is 1. The van der Waals surface area contributed by atoms with E-state index in [0.29, 0.717) is 28.6 Å². The molecule has 0 bridgehead atoms. The number of hydrogen-bond donors (Lipinski definition) is 0. The molecule has 0 aliphatic heterocycles. The number of rotatable bonds is 3. The van der Waals surface area contributed by atoms with Gasteiger partial charge in [0.1, 0.15) is 17.3 Å². The molecule has 0 saturated carbocycles. The van der Waals surface area contributed by atoms with Crippen LogP contribution in [0.3, 0.4) is 0 Å². The Labute approximate surface area is 129 Å². The molecule has 0 atom stereocenters. The van der Waals surface area contributed by atoms with Crippen molar-refractivity contribution >= 4 is 5.78 Å². The zero-order valence-electron chi connectivity index (χ0n) is 11.8. The Kier molecular flexibility index (Phi) is 3.11. The van der Waals surface area contributed by atoms with Gasteiger partial charge in [-0.3, -0.25) is 0 Å². The van der Waals surface area contributed by atoms with Crippen molar-refractivity contribution in [2.75, 3.05) is 0 Å². The quantitative estimate of drug-likeness (QED) is 0.583. The highest BCUT2D eigenvalue weighted by molar-refractivity contribution is 5.54. The van der Waals surface area contributed by atoms with Crippen molar-refractivity contribution in [3.63, 3.8) is 0 Å². The van der Waals surface area contributed by atoms with E-state index in [2.05, 4.69) is 15.1 Å². The van der Waals surface area contributed by atoms with Crippen LogP contribution < -0.4 is 0 Å². The highest BCUT2D eigenvalue weighted by atomic mass is 19.1. The van der Waals surface area contributed by atoms with Crippen LogP contribution in [-0.4, -0.2) is 19.6 Å². The molecule has 0 saturated heterocycles. The van der Waals surface area contributed by atoms with Crippen molar-refractivity contribution in [2.24, 2.45) is 0 Å². The van der Waals surface area contributed by atoms with Gasteiger partial charge in [-0.1, -0.05) is 0 Å². The maximum Gasteiger partial charge on any atom is 0.253 e. The van der Waals surface area contributed by atoms with Crippen LogP contribution in [0.15, 0.2) is 53.3 Å². The van der Waals surface area contributed by atoms with E-state index in [9.17, 15) is 8.78 Å². The molecule has 4 rings (SSSR count). The van der Waals surface area contributed by atoms with Crippen LogP contribution in [0.2, 0.25) is 0 Å². The summed E-state index contributed by atoms with van der Waals surface area (Å²) in [5.41, 5.74) is 1.15. The van der Waals surface area contributed by atoms with Crippen molar-refractivity contribution in [3.8, 4) is 11.5 Å². The van der Waals surface area contributed by atoms with Crippen LogP contribution in [-0.2, 0) is 6.42 Å². The number of furan rings is 1. The van der Waals surface area contributed by atoms with Crippen molar-refractivity contribution in [1.82, 2.24) is 19.6 Å². The van der Waals surface area contributed by atoms with E-state index in [1.54, 1.807) is 35.2 Å². The van der Waals surface area contributed by atoms with E-state index >= 15 is 0 Å². The molecule has 0 aliphatic rings. The van der Waals surface area contributed by atoms with E-state index in [1.165, 1.54) is 12.1 Å². The lowest BCUT2D eigenvalue weighted by Gasteiger charge is -1.99. The average Bonchev–Trinajstić information content (AvgIpc) is 3.14. The lowest BCUT2D eigenvalue weighted by Crippen LogP contribution is -1.96. The second kappa shape index (κ2) is 5.28. The van der Waals surface area contributed by atoms with Crippen LogP contribution in [0, 0.1) is 11.6 Å². The molecule has 3 aromatic heterocycles. The summed E-state index contributed by atoms with van der Waals surface area (Å²) in [5.74, 6) is 0.189. The second-order valence-electron chi connectivity index (χ2n) is 5.00. The van der Waals surface area contributed by atoms with Gasteiger partial charge in [-0.15, -0.1) is 5.10 Å². The molecule has 5 nitrogen and oxygen atoms in total. The monoisotopic (exact) mass is 312 g/mol. The molecular weight excluding hydrogens is 302 g/mol. The standard InChI is InChI=1S/C16H10F2N4O/c17-11-6-10(7-12(18)9-11)8-15-20-16-19-4-3-13(22(16)21-15)14-2-1-5-23-14/h1-7,9H,8H2. The first-order valence-electron chi connectivity index (χ1n) is 6.88. The zero-order chi connectivity index (χ0) is 15.8. The first-order chi connectivity index (χ1) is 11.2.